The number of nitrogens with zero attached hydrogens (tertiary/aromatic N) is 1. The van der Waals surface area contributed by atoms with E-state index in [0.717, 1.165) is 17.9 Å². The highest BCUT2D eigenvalue weighted by Gasteiger charge is 2.41. The van der Waals surface area contributed by atoms with E-state index in [1.165, 1.54) is 30.6 Å². The molecular weight excluding hydrogens is 204 g/mol. The van der Waals surface area contributed by atoms with Crippen LogP contribution < -0.4 is 5.32 Å². The minimum atomic E-state index is 0.490. The molecule has 0 saturated heterocycles. The summed E-state index contributed by atoms with van der Waals surface area (Å²) >= 11 is 1.76. The lowest BCUT2D eigenvalue weighted by Gasteiger charge is -2.22. The Morgan fingerprint density at radius 1 is 1.33 bits per heavy atom. The van der Waals surface area contributed by atoms with E-state index in [9.17, 15) is 0 Å². The maximum Gasteiger partial charge on any atom is 0.0794 e. The molecule has 1 heterocycles. The topological polar surface area (TPSA) is 24.9 Å². The van der Waals surface area contributed by atoms with Crippen molar-refractivity contribution in [2.24, 2.45) is 11.8 Å². The first-order chi connectivity index (χ1) is 7.34. The standard InChI is InChI=1S/C12H18N2S/c1-8(11-6-13-7-15-11)14-12(9-2-3-9)10-4-5-10/h6-10,12,14H,2-5H2,1H3. The summed E-state index contributed by atoms with van der Waals surface area (Å²) in [6, 6.07) is 1.28. The minimum absolute atomic E-state index is 0.490. The Labute approximate surface area is 95.1 Å². The van der Waals surface area contributed by atoms with Crippen molar-refractivity contribution in [3.8, 4) is 0 Å². The molecule has 1 N–H and O–H groups in total. The van der Waals surface area contributed by atoms with E-state index in [2.05, 4.69) is 17.2 Å². The van der Waals surface area contributed by atoms with Crippen LogP contribution in [0.1, 0.15) is 43.5 Å². The van der Waals surface area contributed by atoms with E-state index in [4.69, 9.17) is 0 Å². The van der Waals surface area contributed by atoms with Crippen molar-refractivity contribution in [3.05, 3.63) is 16.6 Å². The van der Waals surface area contributed by atoms with Crippen LogP contribution in [0.25, 0.3) is 0 Å². The smallest absolute Gasteiger partial charge is 0.0794 e. The van der Waals surface area contributed by atoms with Gasteiger partial charge in [-0.2, -0.15) is 0 Å². The van der Waals surface area contributed by atoms with Crippen LogP contribution in [0.15, 0.2) is 11.7 Å². The Morgan fingerprint density at radius 3 is 2.47 bits per heavy atom. The first kappa shape index (κ1) is 9.79. The maximum absolute atomic E-state index is 4.15. The lowest BCUT2D eigenvalue weighted by atomic mass is 10.1. The van der Waals surface area contributed by atoms with Gasteiger partial charge in [-0.05, 0) is 44.4 Å². The Balaban J connectivity index is 1.62. The predicted molar refractivity (Wildman–Crippen MR) is 62.9 cm³/mol. The third kappa shape index (κ3) is 2.23. The Morgan fingerprint density at radius 2 is 2.00 bits per heavy atom. The molecule has 82 valence electrons. The van der Waals surface area contributed by atoms with Crippen LogP contribution >= 0.6 is 11.3 Å². The van der Waals surface area contributed by atoms with Gasteiger partial charge >= 0.3 is 0 Å². The zero-order valence-electron chi connectivity index (χ0n) is 9.15. The molecule has 2 fully saturated rings. The minimum Gasteiger partial charge on any atom is -0.306 e. The third-order valence-corrected chi connectivity index (χ3v) is 4.54. The molecule has 2 nitrogen and oxygen atoms in total. The molecular formula is C12H18N2S. The fourth-order valence-electron chi connectivity index (χ4n) is 2.38. The van der Waals surface area contributed by atoms with Crippen molar-refractivity contribution in [1.82, 2.24) is 10.3 Å². The average Bonchev–Trinajstić information content (AvgIpc) is 3.15. The normalized spacial score (nSPS) is 23.3. The van der Waals surface area contributed by atoms with Gasteiger partial charge < -0.3 is 5.32 Å². The van der Waals surface area contributed by atoms with Crippen molar-refractivity contribution >= 4 is 11.3 Å². The van der Waals surface area contributed by atoms with E-state index >= 15 is 0 Å². The summed E-state index contributed by atoms with van der Waals surface area (Å²) in [5, 5.41) is 3.81. The van der Waals surface area contributed by atoms with Crippen LogP contribution in [0.2, 0.25) is 0 Å². The Bertz CT molecular complexity index is 302. The molecule has 2 saturated carbocycles. The summed E-state index contributed by atoms with van der Waals surface area (Å²) in [7, 11) is 0. The molecule has 0 bridgehead atoms. The number of thiazole rings is 1. The molecule has 3 rings (SSSR count). The van der Waals surface area contributed by atoms with Crippen molar-refractivity contribution in [3.63, 3.8) is 0 Å². The summed E-state index contributed by atoms with van der Waals surface area (Å²) in [6.45, 7) is 2.27. The molecule has 1 aromatic rings. The lowest BCUT2D eigenvalue weighted by molar-refractivity contribution is 0.380. The fraction of sp³-hybridized carbons (Fsp3) is 0.750. The monoisotopic (exact) mass is 222 g/mol. The van der Waals surface area contributed by atoms with Crippen LogP contribution in [-0.4, -0.2) is 11.0 Å². The van der Waals surface area contributed by atoms with Gasteiger partial charge in [-0.3, -0.25) is 4.98 Å². The van der Waals surface area contributed by atoms with Gasteiger partial charge in [-0.1, -0.05) is 0 Å². The number of hydrogen-bond acceptors (Lipinski definition) is 3. The van der Waals surface area contributed by atoms with E-state index in [-0.39, 0.29) is 0 Å². The van der Waals surface area contributed by atoms with Gasteiger partial charge in [0.15, 0.2) is 0 Å². The van der Waals surface area contributed by atoms with Gasteiger partial charge in [0.2, 0.25) is 0 Å². The van der Waals surface area contributed by atoms with Gasteiger partial charge in [0.05, 0.1) is 5.51 Å². The largest absolute Gasteiger partial charge is 0.306 e. The van der Waals surface area contributed by atoms with E-state index in [1.807, 2.05) is 11.7 Å². The first-order valence-electron chi connectivity index (χ1n) is 5.99. The zero-order chi connectivity index (χ0) is 10.3. The predicted octanol–water partition coefficient (Wildman–Crippen LogP) is 2.98. The van der Waals surface area contributed by atoms with Gasteiger partial charge in [0.25, 0.3) is 0 Å². The van der Waals surface area contributed by atoms with Gasteiger partial charge in [0.1, 0.15) is 0 Å². The van der Waals surface area contributed by atoms with Crippen LogP contribution in [0.5, 0.6) is 0 Å². The third-order valence-electron chi connectivity index (χ3n) is 3.58. The molecule has 0 amide bonds. The summed E-state index contributed by atoms with van der Waals surface area (Å²) < 4.78 is 0. The zero-order valence-corrected chi connectivity index (χ0v) is 9.96. The highest BCUT2D eigenvalue weighted by molar-refractivity contribution is 7.09. The van der Waals surface area contributed by atoms with E-state index < -0.39 is 0 Å². The van der Waals surface area contributed by atoms with Crippen LogP contribution in [0.3, 0.4) is 0 Å². The second kappa shape index (κ2) is 3.87. The number of nitrogens with one attached hydrogen (secondary N) is 1. The number of aromatic nitrogens is 1. The number of hydrogen-bond donors (Lipinski definition) is 1. The highest BCUT2D eigenvalue weighted by atomic mass is 32.1. The second-order valence-electron chi connectivity index (χ2n) is 4.99. The van der Waals surface area contributed by atoms with Crippen LogP contribution in [0, 0.1) is 11.8 Å². The number of rotatable bonds is 5. The molecule has 0 aliphatic heterocycles. The summed E-state index contributed by atoms with van der Waals surface area (Å²) in [5.74, 6) is 1.96. The van der Waals surface area contributed by atoms with Gasteiger partial charge in [0, 0.05) is 23.2 Å². The van der Waals surface area contributed by atoms with E-state index in [0.29, 0.717) is 6.04 Å². The van der Waals surface area contributed by atoms with Gasteiger partial charge in [-0.15, -0.1) is 11.3 Å². The Hall–Kier alpha value is -0.410. The Kier molecular flexibility index (Phi) is 2.53. The lowest BCUT2D eigenvalue weighted by Crippen LogP contribution is -2.34. The molecule has 1 atom stereocenters. The fourth-order valence-corrected chi connectivity index (χ4v) is 3.02. The molecule has 2 aliphatic rings. The van der Waals surface area contributed by atoms with Crippen molar-refractivity contribution in [1.29, 1.82) is 0 Å². The van der Waals surface area contributed by atoms with Crippen LogP contribution in [-0.2, 0) is 0 Å². The molecule has 0 aromatic carbocycles. The highest BCUT2D eigenvalue weighted by Crippen LogP contribution is 2.45. The van der Waals surface area contributed by atoms with Crippen molar-refractivity contribution in [2.45, 2.75) is 44.7 Å². The van der Waals surface area contributed by atoms with E-state index in [1.54, 1.807) is 11.3 Å². The second-order valence-corrected chi connectivity index (χ2v) is 5.91. The average molecular weight is 222 g/mol. The van der Waals surface area contributed by atoms with Gasteiger partial charge in [-0.25, -0.2) is 0 Å². The quantitative estimate of drug-likeness (QED) is 0.828. The maximum atomic E-state index is 4.15. The molecule has 1 unspecified atom stereocenters. The summed E-state index contributed by atoms with van der Waals surface area (Å²) in [6.07, 6.45) is 7.79. The molecule has 0 radical (unpaired) electrons. The van der Waals surface area contributed by atoms with Crippen molar-refractivity contribution < 1.29 is 0 Å². The summed E-state index contributed by atoms with van der Waals surface area (Å²) in [5.41, 5.74) is 1.93. The molecule has 2 aliphatic carbocycles. The molecule has 15 heavy (non-hydrogen) atoms. The summed E-state index contributed by atoms with van der Waals surface area (Å²) in [4.78, 5) is 5.53. The molecule has 1 aromatic heterocycles. The van der Waals surface area contributed by atoms with Crippen LogP contribution in [0.4, 0.5) is 0 Å². The molecule has 3 heteroatoms. The van der Waals surface area contributed by atoms with Crippen molar-refractivity contribution in [2.75, 3.05) is 0 Å². The first-order valence-corrected chi connectivity index (χ1v) is 6.87. The SMILES string of the molecule is CC(NC(C1CC1)C1CC1)c1cncs1. The molecule has 0 spiro atoms.